The van der Waals surface area contributed by atoms with E-state index in [0.29, 0.717) is 36.6 Å². The van der Waals surface area contributed by atoms with Crippen LogP contribution >= 0.6 is 15.9 Å². The Morgan fingerprint density at radius 2 is 1.86 bits per heavy atom. The quantitative estimate of drug-likeness (QED) is 0.502. The molecule has 0 bridgehead atoms. The van der Waals surface area contributed by atoms with E-state index in [0.717, 1.165) is 16.6 Å². The highest BCUT2D eigenvalue weighted by atomic mass is 79.9. The van der Waals surface area contributed by atoms with Crippen molar-refractivity contribution in [2.45, 2.75) is 19.9 Å². The van der Waals surface area contributed by atoms with Gasteiger partial charge in [0.05, 0.1) is 6.54 Å². The maximum atomic E-state index is 13.8. The summed E-state index contributed by atoms with van der Waals surface area (Å²) in [6.07, 6.45) is 0.553. The first-order valence-corrected chi connectivity index (χ1v) is 9.96. The van der Waals surface area contributed by atoms with E-state index in [1.165, 1.54) is 6.07 Å². The van der Waals surface area contributed by atoms with Gasteiger partial charge in [-0.25, -0.2) is 9.38 Å². The smallest absolute Gasteiger partial charge is 0.253 e. The molecule has 0 saturated carbocycles. The molecule has 0 heterocycles. The van der Waals surface area contributed by atoms with Gasteiger partial charge in [-0.2, -0.15) is 0 Å². The molecule has 0 aliphatic rings. The summed E-state index contributed by atoms with van der Waals surface area (Å²) in [5.41, 5.74) is 2.31. The van der Waals surface area contributed by atoms with Crippen LogP contribution in [0.25, 0.3) is 0 Å². The number of amides is 1. The molecule has 0 radical (unpaired) electrons. The van der Waals surface area contributed by atoms with Crippen LogP contribution in [0.2, 0.25) is 0 Å². The second kappa shape index (κ2) is 10.8. The predicted molar refractivity (Wildman–Crippen MR) is 115 cm³/mol. The normalized spacial score (nSPS) is 11.2. The zero-order valence-electron chi connectivity index (χ0n) is 16.4. The molecule has 0 unspecified atom stereocenters. The molecule has 0 aliphatic heterocycles. The predicted octanol–water partition coefficient (Wildman–Crippen LogP) is 3.59. The van der Waals surface area contributed by atoms with Crippen LogP contribution in [0.15, 0.2) is 51.9 Å². The fourth-order valence-corrected chi connectivity index (χ4v) is 2.98. The standard InChI is InChI=1S/C21H26BrFN4O/c1-4-24-21(25-12-11-17-13-18(22)9-10-19(17)23)26-14-15-5-7-16(8-6-15)20(28)27(2)3/h5-10,13H,4,11-12,14H2,1-3H3,(H2,24,25,26). The SMILES string of the molecule is CCNC(=NCc1ccc(C(=O)N(C)C)cc1)NCCc1cc(Br)ccc1F. The van der Waals surface area contributed by atoms with Crippen molar-refractivity contribution in [3.8, 4) is 0 Å². The van der Waals surface area contributed by atoms with Gasteiger partial charge < -0.3 is 15.5 Å². The first kappa shape index (κ1) is 21.9. The molecule has 0 fully saturated rings. The fourth-order valence-electron chi connectivity index (χ4n) is 2.57. The minimum absolute atomic E-state index is 0.0233. The average molecular weight is 449 g/mol. The molecule has 2 N–H and O–H groups in total. The zero-order valence-corrected chi connectivity index (χ0v) is 18.0. The highest BCUT2D eigenvalue weighted by molar-refractivity contribution is 9.10. The molecule has 0 atom stereocenters. The Hall–Kier alpha value is -2.41. The molecule has 0 spiro atoms. The maximum absolute atomic E-state index is 13.8. The number of hydrogen-bond acceptors (Lipinski definition) is 2. The molecule has 0 aromatic heterocycles. The highest BCUT2D eigenvalue weighted by Crippen LogP contribution is 2.15. The molecule has 2 aromatic carbocycles. The Morgan fingerprint density at radius 1 is 1.14 bits per heavy atom. The van der Waals surface area contributed by atoms with Gasteiger partial charge in [0.1, 0.15) is 5.82 Å². The largest absolute Gasteiger partial charge is 0.357 e. The third kappa shape index (κ3) is 6.64. The van der Waals surface area contributed by atoms with E-state index >= 15 is 0 Å². The molecule has 1 amide bonds. The van der Waals surface area contributed by atoms with Crippen LogP contribution in [-0.2, 0) is 13.0 Å². The number of hydrogen-bond donors (Lipinski definition) is 2. The lowest BCUT2D eigenvalue weighted by atomic mass is 10.1. The van der Waals surface area contributed by atoms with Crippen LogP contribution in [0.1, 0.15) is 28.4 Å². The third-order valence-electron chi connectivity index (χ3n) is 4.07. The molecule has 0 saturated heterocycles. The lowest BCUT2D eigenvalue weighted by Gasteiger charge is -2.12. The monoisotopic (exact) mass is 448 g/mol. The van der Waals surface area contributed by atoms with E-state index in [1.807, 2.05) is 31.2 Å². The number of nitrogens with zero attached hydrogens (tertiary/aromatic N) is 2. The average Bonchev–Trinajstić information content (AvgIpc) is 2.68. The van der Waals surface area contributed by atoms with Crippen molar-refractivity contribution in [1.82, 2.24) is 15.5 Å². The van der Waals surface area contributed by atoms with Crippen molar-refractivity contribution in [3.63, 3.8) is 0 Å². The van der Waals surface area contributed by atoms with Crippen LogP contribution in [-0.4, -0.2) is 44.0 Å². The summed E-state index contributed by atoms with van der Waals surface area (Å²) in [6, 6.07) is 12.4. The number of rotatable bonds is 7. The Bertz CT molecular complexity index is 822. The van der Waals surface area contributed by atoms with Gasteiger partial charge in [-0.1, -0.05) is 28.1 Å². The van der Waals surface area contributed by atoms with Gasteiger partial charge in [-0.15, -0.1) is 0 Å². The van der Waals surface area contributed by atoms with Gasteiger partial charge in [-0.05, 0) is 54.8 Å². The van der Waals surface area contributed by atoms with Crippen molar-refractivity contribution in [2.75, 3.05) is 27.2 Å². The van der Waals surface area contributed by atoms with E-state index in [9.17, 15) is 9.18 Å². The minimum Gasteiger partial charge on any atom is -0.357 e. The van der Waals surface area contributed by atoms with Crippen LogP contribution in [0.3, 0.4) is 0 Å². The minimum atomic E-state index is -0.209. The van der Waals surface area contributed by atoms with Crippen LogP contribution < -0.4 is 10.6 Å². The Labute approximate surface area is 174 Å². The molecule has 28 heavy (non-hydrogen) atoms. The lowest BCUT2D eigenvalue weighted by molar-refractivity contribution is 0.0827. The summed E-state index contributed by atoms with van der Waals surface area (Å²) in [5.74, 6) is 0.440. The van der Waals surface area contributed by atoms with E-state index in [2.05, 4.69) is 31.6 Å². The van der Waals surface area contributed by atoms with Gasteiger partial charge >= 0.3 is 0 Å². The Balaban J connectivity index is 1.94. The molecule has 2 aromatic rings. The first-order chi connectivity index (χ1) is 13.4. The third-order valence-corrected chi connectivity index (χ3v) is 4.56. The van der Waals surface area contributed by atoms with E-state index in [4.69, 9.17) is 0 Å². The zero-order chi connectivity index (χ0) is 20.5. The topological polar surface area (TPSA) is 56.7 Å². The summed E-state index contributed by atoms with van der Waals surface area (Å²) in [7, 11) is 3.46. The van der Waals surface area contributed by atoms with Crippen molar-refractivity contribution in [3.05, 3.63) is 69.4 Å². The van der Waals surface area contributed by atoms with Crippen molar-refractivity contribution < 1.29 is 9.18 Å². The molecule has 2 rings (SSSR count). The number of halogens is 2. The van der Waals surface area contributed by atoms with Crippen molar-refractivity contribution >= 4 is 27.8 Å². The molecule has 7 heteroatoms. The number of carbonyl (C=O) groups excluding carboxylic acids is 1. The summed E-state index contributed by atoms with van der Waals surface area (Å²) < 4.78 is 14.7. The number of guanidine groups is 1. The van der Waals surface area contributed by atoms with Crippen LogP contribution in [0.4, 0.5) is 4.39 Å². The van der Waals surface area contributed by atoms with Gasteiger partial charge in [0.25, 0.3) is 5.91 Å². The number of carbonyl (C=O) groups is 1. The molecule has 0 aliphatic carbocycles. The van der Waals surface area contributed by atoms with Gasteiger partial charge in [-0.3, -0.25) is 4.79 Å². The number of aliphatic imine (C=N–C) groups is 1. The Kier molecular flexibility index (Phi) is 8.44. The van der Waals surface area contributed by atoms with E-state index in [-0.39, 0.29) is 11.7 Å². The second-order valence-corrected chi connectivity index (χ2v) is 7.42. The molecule has 150 valence electrons. The fraction of sp³-hybridized carbons (Fsp3) is 0.333. The van der Waals surface area contributed by atoms with Crippen molar-refractivity contribution in [1.29, 1.82) is 0 Å². The summed E-state index contributed by atoms with van der Waals surface area (Å²) in [6.45, 7) is 3.77. The highest BCUT2D eigenvalue weighted by Gasteiger charge is 2.07. The van der Waals surface area contributed by atoms with Crippen molar-refractivity contribution in [2.24, 2.45) is 4.99 Å². The molecule has 5 nitrogen and oxygen atoms in total. The van der Waals surface area contributed by atoms with Gasteiger partial charge in [0.2, 0.25) is 0 Å². The first-order valence-electron chi connectivity index (χ1n) is 9.17. The molecular weight excluding hydrogens is 423 g/mol. The van der Waals surface area contributed by atoms with Crippen LogP contribution in [0.5, 0.6) is 0 Å². The molecular formula is C21H26BrFN4O. The maximum Gasteiger partial charge on any atom is 0.253 e. The van der Waals surface area contributed by atoms with E-state index in [1.54, 1.807) is 31.1 Å². The van der Waals surface area contributed by atoms with Crippen LogP contribution in [0, 0.1) is 5.82 Å². The summed E-state index contributed by atoms with van der Waals surface area (Å²) in [5, 5.41) is 6.41. The van der Waals surface area contributed by atoms with Gasteiger partial charge in [0, 0.05) is 37.2 Å². The number of nitrogens with one attached hydrogen (secondary N) is 2. The van der Waals surface area contributed by atoms with Gasteiger partial charge in [0.15, 0.2) is 5.96 Å². The lowest BCUT2D eigenvalue weighted by Crippen LogP contribution is -2.38. The second-order valence-electron chi connectivity index (χ2n) is 6.50. The summed E-state index contributed by atoms with van der Waals surface area (Å²) >= 11 is 3.37. The van der Waals surface area contributed by atoms with E-state index < -0.39 is 0 Å². The Morgan fingerprint density at radius 3 is 2.50 bits per heavy atom. The number of benzene rings is 2. The summed E-state index contributed by atoms with van der Waals surface area (Å²) in [4.78, 5) is 18.0.